The van der Waals surface area contributed by atoms with Gasteiger partial charge in [-0.05, 0) is 55.2 Å². The molecule has 0 saturated carbocycles. The molecule has 9 heteroatoms. The molecule has 1 aliphatic rings. The molecule has 5 rings (SSSR count). The van der Waals surface area contributed by atoms with Crippen molar-refractivity contribution in [1.82, 2.24) is 14.3 Å². The lowest BCUT2D eigenvalue weighted by molar-refractivity contribution is 0.370. The third kappa shape index (κ3) is 5.55. The fraction of sp³-hybridized carbons (Fsp3) is 0.250. The molecular formula is C28H28Cl2N4O2S. The second-order valence-corrected chi connectivity index (χ2v) is 12.0. The molecule has 1 atom stereocenters. The molecule has 0 aliphatic carbocycles. The smallest absolute Gasteiger partial charge is 0.243 e. The maximum atomic E-state index is 13.9. The average Bonchev–Trinajstić information content (AvgIpc) is 3.23. The van der Waals surface area contributed by atoms with Crippen LogP contribution in [-0.4, -0.2) is 35.3 Å². The Bertz CT molecular complexity index is 1490. The largest absolute Gasteiger partial charge is 0.361 e. The zero-order valence-electron chi connectivity index (χ0n) is 20.4. The fourth-order valence-electron chi connectivity index (χ4n) is 4.83. The molecule has 1 aromatic heterocycles. The number of para-hydroxylation sites is 1. The summed E-state index contributed by atoms with van der Waals surface area (Å²) in [7, 11) is -3.84. The van der Waals surface area contributed by atoms with Gasteiger partial charge < -0.3 is 9.88 Å². The van der Waals surface area contributed by atoms with Crippen LogP contribution in [0.4, 0.5) is 5.69 Å². The van der Waals surface area contributed by atoms with Crippen LogP contribution < -0.4 is 4.90 Å². The molecule has 1 N–H and O–H groups in total. The van der Waals surface area contributed by atoms with Crippen LogP contribution in [0.1, 0.15) is 28.9 Å². The Hall–Kier alpha value is -2.84. The molecule has 1 aliphatic heterocycles. The maximum absolute atomic E-state index is 13.9. The number of nitrogens with one attached hydrogen (secondary N) is 1. The normalized spacial score (nSPS) is 16.4. The minimum atomic E-state index is -3.84. The zero-order chi connectivity index (χ0) is 26.0. The first kappa shape index (κ1) is 25.8. The van der Waals surface area contributed by atoms with E-state index in [1.54, 1.807) is 10.6 Å². The van der Waals surface area contributed by atoms with E-state index < -0.39 is 10.0 Å². The summed E-state index contributed by atoms with van der Waals surface area (Å²) in [5.74, 6) is 0. The first-order chi connectivity index (χ1) is 17.8. The van der Waals surface area contributed by atoms with Gasteiger partial charge in [-0.3, -0.25) is 0 Å². The van der Waals surface area contributed by atoms with Gasteiger partial charge in [0, 0.05) is 30.5 Å². The standard InChI is InChI=1S/C28H28Cl2N4O2S/c1-20-27(32-19-31-20)18-34-23(12-11-21-7-3-2-4-8-21)17-33(16-22-9-5-6-10-28(22)34)37(35,36)24-13-14-25(29)26(30)15-24/h2-10,13-15,19,23H,11-12,16-18H2,1H3,(H,31,32). The van der Waals surface area contributed by atoms with E-state index in [1.165, 1.54) is 23.8 Å². The number of benzene rings is 3. The number of aryl methyl sites for hydroxylation is 2. The molecule has 192 valence electrons. The van der Waals surface area contributed by atoms with Crippen LogP contribution in [0.3, 0.4) is 0 Å². The van der Waals surface area contributed by atoms with E-state index in [0.717, 1.165) is 35.5 Å². The number of nitrogens with zero attached hydrogens (tertiary/aromatic N) is 3. The fourth-order valence-corrected chi connectivity index (χ4v) is 6.67. The molecule has 0 spiro atoms. The Labute approximate surface area is 227 Å². The van der Waals surface area contributed by atoms with Crippen molar-refractivity contribution in [3.8, 4) is 0 Å². The van der Waals surface area contributed by atoms with Crippen LogP contribution in [0.5, 0.6) is 0 Å². The van der Waals surface area contributed by atoms with Gasteiger partial charge in [0.05, 0.1) is 33.5 Å². The van der Waals surface area contributed by atoms with E-state index in [9.17, 15) is 8.42 Å². The van der Waals surface area contributed by atoms with Gasteiger partial charge in [0.15, 0.2) is 0 Å². The van der Waals surface area contributed by atoms with Crippen LogP contribution in [0.15, 0.2) is 84.0 Å². The number of rotatable bonds is 7. The Morgan fingerprint density at radius 1 is 1.00 bits per heavy atom. The summed E-state index contributed by atoms with van der Waals surface area (Å²) in [5, 5.41) is 0.539. The van der Waals surface area contributed by atoms with Gasteiger partial charge in [-0.2, -0.15) is 4.31 Å². The summed E-state index contributed by atoms with van der Waals surface area (Å²) in [4.78, 5) is 10.2. The van der Waals surface area contributed by atoms with E-state index in [1.807, 2.05) is 43.3 Å². The zero-order valence-corrected chi connectivity index (χ0v) is 22.8. The third-order valence-electron chi connectivity index (χ3n) is 6.90. The lowest BCUT2D eigenvalue weighted by atomic mass is 10.0. The first-order valence-electron chi connectivity index (χ1n) is 12.2. The monoisotopic (exact) mass is 554 g/mol. The van der Waals surface area contributed by atoms with Crippen molar-refractivity contribution in [3.63, 3.8) is 0 Å². The SMILES string of the molecule is Cc1[nH]cnc1CN1c2ccccc2CN(S(=O)(=O)c2ccc(Cl)c(Cl)c2)CC1CCc1ccccc1. The van der Waals surface area contributed by atoms with E-state index in [0.29, 0.717) is 18.1 Å². The van der Waals surface area contributed by atoms with E-state index in [4.69, 9.17) is 23.2 Å². The van der Waals surface area contributed by atoms with E-state index >= 15 is 0 Å². The number of hydrogen-bond donors (Lipinski definition) is 1. The average molecular weight is 556 g/mol. The van der Waals surface area contributed by atoms with Crippen molar-refractivity contribution < 1.29 is 8.42 Å². The molecule has 0 fully saturated rings. The number of halogens is 2. The molecule has 6 nitrogen and oxygen atoms in total. The van der Waals surface area contributed by atoms with Crippen molar-refractivity contribution in [2.75, 3.05) is 11.4 Å². The topological polar surface area (TPSA) is 69.3 Å². The summed E-state index contributed by atoms with van der Waals surface area (Å²) in [6.07, 6.45) is 3.30. The molecule has 0 amide bonds. The Morgan fingerprint density at radius 3 is 2.49 bits per heavy atom. The highest BCUT2D eigenvalue weighted by atomic mass is 35.5. The highest BCUT2D eigenvalue weighted by molar-refractivity contribution is 7.89. The van der Waals surface area contributed by atoms with Crippen LogP contribution in [0, 0.1) is 6.92 Å². The van der Waals surface area contributed by atoms with Crippen molar-refractivity contribution in [1.29, 1.82) is 0 Å². The van der Waals surface area contributed by atoms with Crippen LogP contribution in [0.2, 0.25) is 10.0 Å². The number of fused-ring (bicyclic) bond motifs is 1. The lowest BCUT2D eigenvalue weighted by Gasteiger charge is -2.34. The number of imidazole rings is 1. The van der Waals surface area contributed by atoms with Gasteiger partial charge in [-0.15, -0.1) is 0 Å². The number of aromatic nitrogens is 2. The van der Waals surface area contributed by atoms with Crippen molar-refractivity contribution in [2.45, 2.75) is 43.8 Å². The van der Waals surface area contributed by atoms with Gasteiger partial charge in [0.1, 0.15) is 0 Å². The molecule has 37 heavy (non-hydrogen) atoms. The van der Waals surface area contributed by atoms with Gasteiger partial charge in [0.2, 0.25) is 10.0 Å². The van der Waals surface area contributed by atoms with Gasteiger partial charge in [-0.25, -0.2) is 13.4 Å². The van der Waals surface area contributed by atoms with Crippen molar-refractivity contribution in [3.05, 3.63) is 112 Å². The van der Waals surface area contributed by atoms with Gasteiger partial charge >= 0.3 is 0 Å². The molecule has 0 bridgehead atoms. The van der Waals surface area contributed by atoms with Crippen LogP contribution >= 0.6 is 23.2 Å². The first-order valence-corrected chi connectivity index (χ1v) is 14.3. The minimum absolute atomic E-state index is 0.0856. The third-order valence-corrected chi connectivity index (χ3v) is 9.44. The lowest BCUT2D eigenvalue weighted by Crippen LogP contribution is -2.43. The number of H-pyrrole nitrogens is 1. The number of aromatic amines is 1. The van der Waals surface area contributed by atoms with E-state index in [-0.39, 0.29) is 22.5 Å². The second-order valence-electron chi connectivity index (χ2n) is 9.28. The number of sulfonamides is 1. The van der Waals surface area contributed by atoms with Crippen molar-refractivity contribution in [2.24, 2.45) is 0 Å². The van der Waals surface area contributed by atoms with Gasteiger partial charge in [0.25, 0.3) is 0 Å². The number of anilines is 1. The highest BCUT2D eigenvalue weighted by Gasteiger charge is 2.35. The number of hydrogen-bond acceptors (Lipinski definition) is 4. The molecule has 3 aromatic carbocycles. The molecule has 0 radical (unpaired) electrons. The Kier molecular flexibility index (Phi) is 7.58. The quantitative estimate of drug-likeness (QED) is 0.293. The predicted molar refractivity (Wildman–Crippen MR) is 149 cm³/mol. The molecule has 0 saturated heterocycles. The minimum Gasteiger partial charge on any atom is -0.361 e. The molecule has 1 unspecified atom stereocenters. The summed E-state index contributed by atoms with van der Waals surface area (Å²) in [5.41, 5.74) is 5.13. The van der Waals surface area contributed by atoms with Crippen molar-refractivity contribution >= 4 is 38.9 Å². The second kappa shape index (κ2) is 10.9. The van der Waals surface area contributed by atoms with Crippen LogP contribution in [0.25, 0.3) is 0 Å². The Balaban J connectivity index is 1.56. The van der Waals surface area contributed by atoms with Gasteiger partial charge in [-0.1, -0.05) is 71.7 Å². The summed E-state index contributed by atoms with van der Waals surface area (Å²) in [6.45, 7) is 3.17. The maximum Gasteiger partial charge on any atom is 0.243 e. The molecule has 2 heterocycles. The summed E-state index contributed by atoms with van der Waals surface area (Å²) in [6, 6.07) is 22.7. The summed E-state index contributed by atoms with van der Waals surface area (Å²) >= 11 is 12.3. The highest BCUT2D eigenvalue weighted by Crippen LogP contribution is 2.34. The molecular weight excluding hydrogens is 527 g/mol. The summed E-state index contributed by atoms with van der Waals surface area (Å²) < 4.78 is 29.4. The Morgan fingerprint density at radius 2 is 1.76 bits per heavy atom. The van der Waals surface area contributed by atoms with E-state index in [2.05, 4.69) is 33.1 Å². The van der Waals surface area contributed by atoms with Crippen LogP contribution in [-0.2, 0) is 29.5 Å². The molecule has 4 aromatic rings. The predicted octanol–water partition coefficient (Wildman–Crippen LogP) is 6.24.